The van der Waals surface area contributed by atoms with E-state index < -0.39 is 0 Å². The van der Waals surface area contributed by atoms with Gasteiger partial charge in [-0.15, -0.1) is 0 Å². The Bertz CT molecular complexity index is 313. The lowest BCUT2D eigenvalue weighted by atomic mass is 10.0. The molecule has 0 amide bonds. The fraction of sp³-hybridized carbons (Fsp3) is 0.538. The zero-order valence-corrected chi connectivity index (χ0v) is 9.94. The van der Waals surface area contributed by atoms with Gasteiger partial charge in [-0.3, -0.25) is 0 Å². The highest BCUT2D eigenvalue weighted by Gasteiger charge is 2.03. The Morgan fingerprint density at radius 1 is 1.07 bits per heavy atom. The summed E-state index contributed by atoms with van der Waals surface area (Å²) < 4.78 is 0. The first-order valence-electron chi connectivity index (χ1n) is 5.33. The zero-order valence-electron chi connectivity index (χ0n) is 9.94. The van der Waals surface area contributed by atoms with E-state index in [-0.39, 0.29) is 0 Å². The summed E-state index contributed by atoms with van der Waals surface area (Å²) in [5.74, 6) is 0.691. The lowest BCUT2D eigenvalue weighted by Crippen LogP contribution is -2.09. The fourth-order valence-electron chi connectivity index (χ4n) is 1.46. The van der Waals surface area contributed by atoms with Crippen LogP contribution in [0.1, 0.15) is 30.5 Å². The van der Waals surface area contributed by atoms with Gasteiger partial charge >= 0.3 is 0 Å². The standard InChI is InChI=1S/C13H21N/c1-9(2)8-14-13-7-6-10(3)11(4)12(13)5/h6-7,9,14H,8H2,1-5H3. The second kappa shape index (κ2) is 4.50. The van der Waals surface area contributed by atoms with Crippen LogP contribution in [0.3, 0.4) is 0 Å². The summed E-state index contributed by atoms with van der Waals surface area (Å²) in [6.45, 7) is 12.0. The molecule has 0 saturated carbocycles. The lowest BCUT2D eigenvalue weighted by Gasteiger charge is -2.14. The highest BCUT2D eigenvalue weighted by molar-refractivity contribution is 5.55. The maximum atomic E-state index is 3.48. The smallest absolute Gasteiger partial charge is 0.0372 e. The van der Waals surface area contributed by atoms with Crippen LogP contribution in [0.2, 0.25) is 0 Å². The van der Waals surface area contributed by atoms with Gasteiger partial charge in [0.15, 0.2) is 0 Å². The van der Waals surface area contributed by atoms with E-state index in [0.29, 0.717) is 5.92 Å². The van der Waals surface area contributed by atoms with E-state index in [1.165, 1.54) is 22.4 Å². The number of hydrogen-bond donors (Lipinski definition) is 1. The maximum absolute atomic E-state index is 3.48. The van der Waals surface area contributed by atoms with Gasteiger partial charge in [0.1, 0.15) is 0 Å². The normalized spacial score (nSPS) is 10.7. The SMILES string of the molecule is Cc1ccc(NCC(C)C)c(C)c1C. The van der Waals surface area contributed by atoms with Crippen LogP contribution in [0, 0.1) is 26.7 Å². The molecule has 1 aromatic rings. The monoisotopic (exact) mass is 191 g/mol. The second-order valence-corrected chi connectivity index (χ2v) is 4.45. The highest BCUT2D eigenvalue weighted by atomic mass is 14.9. The van der Waals surface area contributed by atoms with Crippen molar-refractivity contribution in [3.05, 3.63) is 28.8 Å². The number of hydrogen-bond acceptors (Lipinski definition) is 1. The minimum Gasteiger partial charge on any atom is -0.385 e. The molecule has 0 saturated heterocycles. The van der Waals surface area contributed by atoms with Crippen molar-refractivity contribution in [3.8, 4) is 0 Å². The van der Waals surface area contributed by atoms with Crippen molar-refractivity contribution in [1.29, 1.82) is 0 Å². The van der Waals surface area contributed by atoms with Crippen molar-refractivity contribution in [2.75, 3.05) is 11.9 Å². The summed E-state index contributed by atoms with van der Waals surface area (Å²) in [4.78, 5) is 0. The van der Waals surface area contributed by atoms with Gasteiger partial charge in [0.2, 0.25) is 0 Å². The van der Waals surface area contributed by atoms with Crippen molar-refractivity contribution in [2.45, 2.75) is 34.6 Å². The first kappa shape index (κ1) is 11.1. The molecular formula is C13H21N. The molecule has 1 rings (SSSR count). The number of nitrogens with one attached hydrogen (secondary N) is 1. The third-order valence-electron chi connectivity index (χ3n) is 2.76. The topological polar surface area (TPSA) is 12.0 Å². The number of aryl methyl sites for hydroxylation is 1. The largest absolute Gasteiger partial charge is 0.385 e. The van der Waals surface area contributed by atoms with Crippen molar-refractivity contribution >= 4 is 5.69 Å². The quantitative estimate of drug-likeness (QED) is 0.768. The van der Waals surface area contributed by atoms with Crippen LogP contribution >= 0.6 is 0 Å². The number of rotatable bonds is 3. The van der Waals surface area contributed by atoms with Gasteiger partial charge in [0.25, 0.3) is 0 Å². The van der Waals surface area contributed by atoms with E-state index in [0.717, 1.165) is 6.54 Å². The molecule has 14 heavy (non-hydrogen) atoms. The first-order chi connectivity index (χ1) is 6.52. The fourth-order valence-corrected chi connectivity index (χ4v) is 1.46. The van der Waals surface area contributed by atoms with E-state index in [9.17, 15) is 0 Å². The van der Waals surface area contributed by atoms with Gasteiger partial charge in [-0.2, -0.15) is 0 Å². The van der Waals surface area contributed by atoms with Crippen LogP contribution in [0.5, 0.6) is 0 Å². The molecule has 0 aromatic heterocycles. The zero-order chi connectivity index (χ0) is 10.7. The van der Waals surface area contributed by atoms with E-state index in [2.05, 4.69) is 52.1 Å². The molecule has 0 unspecified atom stereocenters. The van der Waals surface area contributed by atoms with Crippen LogP contribution in [-0.2, 0) is 0 Å². The summed E-state index contributed by atoms with van der Waals surface area (Å²) in [5.41, 5.74) is 5.43. The summed E-state index contributed by atoms with van der Waals surface area (Å²) in [5, 5.41) is 3.48. The summed E-state index contributed by atoms with van der Waals surface area (Å²) >= 11 is 0. The Kier molecular flexibility index (Phi) is 3.56. The molecule has 0 aliphatic carbocycles. The van der Waals surface area contributed by atoms with Gasteiger partial charge < -0.3 is 5.32 Å². The Balaban J connectivity index is 2.83. The minimum absolute atomic E-state index is 0.691. The van der Waals surface area contributed by atoms with Crippen molar-refractivity contribution in [1.82, 2.24) is 0 Å². The molecule has 0 spiro atoms. The molecule has 1 heteroatoms. The highest BCUT2D eigenvalue weighted by Crippen LogP contribution is 2.21. The Hall–Kier alpha value is -0.980. The van der Waals surface area contributed by atoms with E-state index in [4.69, 9.17) is 0 Å². The van der Waals surface area contributed by atoms with Gasteiger partial charge in [-0.1, -0.05) is 19.9 Å². The van der Waals surface area contributed by atoms with Gasteiger partial charge in [0, 0.05) is 12.2 Å². The molecule has 0 radical (unpaired) electrons. The maximum Gasteiger partial charge on any atom is 0.0372 e. The average molecular weight is 191 g/mol. The third-order valence-corrected chi connectivity index (χ3v) is 2.76. The van der Waals surface area contributed by atoms with Crippen LogP contribution in [0.4, 0.5) is 5.69 Å². The molecule has 1 N–H and O–H groups in total. The molecule has 0 atom stereocenters. The third kappa shape index (κ3) is 2.50. The molecule has 1 aromatic carbocycles. The summed E-state index contributed by atoms with van der Waals surface area (Å²) in [6.07, 6.45) is 0. The number of benzene rings is 1. The molecule has 0 heterocycles. The van der Waals surface area contributed by atoms with Crippen LogP contribution in [0.25, 0.3) is 0 Å². The summed E-state index contributed by atoms with van der Waals surface area (Å²) in [6, 6.07) is 4.37. The first-order valence-corrected chi connectivity index (χ1v) is 5.33. The van der Waals surface area contributed by atoms with E-state index in [1.807, 2.05) is 0 Å². The molecule has 1 nitrogen and oxygen atoms in total. The molecule has 0 fully saturated rings. The van der Waals surface area contributed by atoms with E-state index in [1.54, 1.807) is 0 Å². The van der Waals surface area contributed by atoms with Crippen LogP contribution in [-0.4, -0.2) is 6.54 Å². The Morgan fingerprint density at radius 2 is 1.71 bits per heavy atom. The second-order valence-electron chi connectivity index (χ2n) is 4.45. The van der Waals surface area contributed by atoms with Crippen molar-refractivity contribution in [2.24, 2.45) is 5.92 Å². The summed E-state index contributed by atoms with van der Waals surface area (Å²) in [7, 11) is 0. The average Bonchev–Trinajstić information content (AvgIpc) is 2.13. The Labute approximate surface area is 87.5 Å². The molecule has 0 aliphatic rings. The van der Waals surface area contributed by atoms with E-state index >= 15 is 0 Å². The molecule has 0 aliphatic heterocycles. The van der Waals surface area contributed by atoms with Crippen LogP contribution < -0.4 is 5.32 Å². The van der Waals surface area contributed by atoms with Crippen LogP contribution in [0.15, 0.2) is 12.1 Å². The van der Waals surface area contributed by atoms with Crippen molar-refractivity contribution in [3.63, 3.8) is 0 Å². The van der Waals surface area contributed by atoms with Gasteiger partial charge in [0.05, 0.1) is 0 Å². The molecular weight excluding hydrogens is 170 g/mol. The Morgan fingerprint density at radius 3 is 2.29 bits per heavy atom. The molecule has 78 valence electrons. The predicted octanol–water partition coefficient (Wildman–Crippen LogP) is 3.68. The predicted molar refractivity (Wildman–Crippen MR) is 64.0 cm³/mol. The minimum atomic E-state index is 0.691. The lowest BCUT2D eigenvalue weighted by molar-refractivity contribution is 0.688. The van der Waals surface area contributed by atoms with Gasteiger partial charge in [-0.05, 0) is 49.4 Å². The van der Waals surface area contributed by atoms with Gasteiger partial charge in [-0.25, -0.2) is 0 Å². The number of anilines is 1. The van der Waals surface area contributed by atoms with Crippen molar-refractivity contribution < 1.29 is 0 Å². The molecule has 0 bridgehead atoms.